The zero-order valence-corrected chi connectivity index (χ0v) is 15.6. The highest BCUT2D eigenvalue weighted by atomic mass is 19.1. The fourth-order valence-corrected chi connectivity index (χ4v) is 2.90. The highest BCUT2D eigenvalue weighted by molar-refractivity contribution is 5.95. The SMILES string of the molecule is CCCC[C@](C)(C/C(=C/C(=O)O)C(=O)O)Nc1nc(N)nc2cc(F)cnc12. The van der Waals surface area contributed by atoms with Crippen LogP contribution in [0.5, 0.6) is 0 Å². The number of aliphatic carboxylic acids is 2. The van der Waals surface area contributed by atoms with E-state index in [4.69, 9.17) is 10.8 Å². The number of fused-ring (bicyclic) bond motifs is 1. The molecule has 0 saturated carbocycles. The summed E-state index contributed by atoms with van der Waals surface area (Å²) in [6.45, 7) is 3.74. The first-order valence-corrected chi connectivity index (χ1v) is 8.67. The quantitative estimate of drug-likeness (QED) is 0.473. The standard InChI is InChI=1S/C18H22FN5O4/c1-3-4-5-18(2,8-10(16(27)28)6-13(25)26)24-15-14-12(22-17(20)23-15)7-11(19)9-21-14/h6-7,9H,3-5,8H2,1-2H3,(H,25,26)(H,27,28)(H3,20,22,23,24)/b10-6-/t18-/m1/s1. The lowest BCUT2D eigenvalue weighted by Crippen LogP contribution is -2.37. The van der Waals surface area contributed by atoms with Gasteiger partial charge in [-0.3, -0.25) is 0 Å². The molecule has 2 aromatic rings. The Morgan fingerprint density at radius 3 is 2.68 bits per heavy atom. The lowest BCUT2D eigenvalue weighted by molar-refractivity contribution is -0.135. The van der Waals surface area contributed by atoms with Crippen LogP contribution in [0.25, 0.3) is 11.0 Å². The van der Waals surface area contributed by atoms with Gasteiger partial charge in [-0.1, -0.05) is 19.8 Å². The number of nitrogens with zero attached hydrogens (tertiary/aromatic N) is 3. The summed E-state index contributed by atoms with van der Waals surface area (Å²) in [5.41, 5.74) is 5.07. The van der Waals surface area contributed by atoms with Crippen molar-refractivity contribution in [3.05, 3.63) is 29.7 Å². The topological polar surface area (TPSA) is 151 Å². The van der Waals surface area contributed by atoms with Crippen molar-refractivity contribution in [3.63, 3.8) is 0 Å². The maximum Gasteiger partial charge on any atom is 0.331 e. The molecule has 0 unspecified atom stereocenters. The Kier molecular flexibility index (Phi) is 6.45. The van der Waals surface area contributed by atoms with Crippen LogP contribution in [0.2, 0.25) is 0 Å². The number of carbonyl (C=O) groups is 2. The third-order valence-electron chi connectivity index (χ3n) is 4.18. The zero-order chi connectivity index (χ0) is 20.9. The average molecular weight is 391 g/mol. The van der Waals surface area contributed by atoms with E-state index in [0.717, 1.165) is 19.0 Å². The molecule has 28 heavy (non-hydrogen) atoms. The number of rotatable bonds is 9. The Morgan fingerprint density at radius 2 is 2.07 bits per heavy atom. The molecule has 150 valence electrons. The van der Waals surface area contributed by atoms with E-state index in [-0.39, 0.29) is 34.8 Å². The van der Waals surface area contributed by atoms with E-state index in [1.165, 1.54) is 6.07 Å². The second-order valence-corrected chi connectivity index (χ2v) is 6.73. The van der Waals surface area contributed by atoms with Crippen LogP contribution in [0.3, 0.4) is 0 Å². The monoisotopic (exact) mass is 391 g/mol. The van der Waals surface area contributed by atoms with E-state index in [2.05, 4.69) is 20.3 Å². The number of unbranched alkanes of at least 4 members (excludes halogenated alkanes) is 1. The van der Waals surface area contributed by atoms with Gasteiger partial charge in [-0.15, -0.1) is 0 Å². The van der Waals surface area contributed by atoms with Crippen molar-refractivity contribution in [2.24, 2.45) is 0 Å². The summed E-state index contributed by atoms with van der Waals surface area (Å²) < 4.78 is 13.5. The van der Waals surface area contributed by atoms with Gasteiger partial charge in [0.1, 0.15) is 11.3 Å². The number of nitrogens with two attached hydrogens (primary N) is 1. The number of halogens is 1. The molecule has 0 amide bonds. The minimum Gasteiger partial charge on any atom is -0.478 e. The fourth-order valence-electron chi connectivity index (χ4n) is 2.90. The third-order valence-corrected chi connectivity index (χ3v) is 4.18. The molecule has 0 fully saturated rings. The molecule has 0 aromatic carbocycles. The van der Waals surface area contributed by atoms with Gasteiger partial charge < -0.3 is 21.3 Å². The molecule has 0 radical (unpaired) electrons. The fraction of sp³-hybridized carbons (Fsp3) is 0.389. The maximum atomic E-state index is 13.5. The summed E-state index contributed by atoms with van der Waals surface area (Å²) in [6.07, 6.45) is 3.74. The zero-order valence-electron chi connectivity index (χ0n) is 15.6. The van der Waals surface area contributed by atoms with Crippen LogP contribution in [0.15, 0.2) is 23.9 Å². The molecule has 5 N–H and O–H groups in total. The highest BCUT2D eigenvalue weighted by Crippen LogP contribution is 2.30. The van der Waals surface area contributed by atoms with Gasteiger partial charge in [0, 0.05) is 29.7 Å². The Hall–Kier alpha value is -3.30. The second-order valence-electron chi connectivity index (χ2n) is 6.73. The van der Waals surface area contributed by atoms with Crippen LogP contribution in [0, 0.1) is 5.82 Å². The van der Waals surface area contributed by atoms with E-state index in [1.54, 1.807) is 6.92 Å². The van der Waals surface area contributed by atoms with E-state index < -0.39 is 23.3 Å². The van der Waals surface area contributed by atoms with Crippen LogP contribution in [-0.4, -0.2) is 42.6 Å². The minimum atomic E-state index is -1.34. The molecule has 0 aliphatic heterocycles. The van der Waals surface area contributed by atoms with Crippen molar-refractivity contribution >= 4 is 34.7 Å². The molecule has 0 spiro atoms. The van der Waals surface area contributed by atoms with Crippen LogP contribution < -0.4 is 11.1 Å². The normalized spacial score (nSPS) is 13.9. The number of carboxylic acids is 2. The molecule has 2 heterocycles. The van der Waals surface area contributed by atoms with Crippen molar-refractivity contribution in [2.45, 2.75) is 45.1 Å². The summed E-state index contributed by atoms with van der Waals surface area (Å²) in [7, 11) is 0. The van der Waals surface area contributed by atoms with Crippen molar-refractivity contribution in [1.82, 2.24) is 15.0 Å². The summed E-state index contributed by atoms with van der Waals surface area (Å²) in [4.78, 5) is 34.6. The number of hydrogen-bond acceptors (Lipinski definition) is 7. The Bertz CT molecular complexity index is 928. The van der Waals surface area contributed by atoms with Gasteiger partial charge in [0.15, 0.2) is 5.82 Å². The van der Waals surface area contributed by atoms with Gasteiger partial charge in [-0.05, 0) is 13.3 Å². The van der Waals surface area contributed by atoms with Gasteiger partial charge in [-0.2, -0.15) is 4.98 Å². The number of pyridine rings is 1. The van der Waals surface area contributed by atoms with Gasteiger partial charge >= 0.3 is 11.9 Å². The number of carboxylic acid groups (broad SMARTS) is 2. The lowest BCUT2D eigenvalue weighted by Gasteiger charge is -2.32. The van der Waals surface area contributed by atoms with E-state index in [1.807, 2.05) is 6.92 Å². The maximum absolute atomic E-state index is 13.5. The molecule has 0 aliphatic carbocycles. The molecule has 1 atom stereocenters. The molecular weight excluding hydrogens is 369 g/mol. The molecule has 0 aliphatic rings. The highest BCUT2D eigenvalue weighted by Gasteiger charge is 2.29. The Balaban J connectivity index is 2.47. The molecule has 10 heteroatoms. The number of anilines is 2. The first-order chi connectivity index (χ1) is 13.1. The van der Waals surface area contributed by atoms with E-state index in [0.29, 0.717) is 12.5 Å². The smallest absolute Gasteiger partial charge is 0.331 e. The van der Waals surface area contributed by atoms with E-state index in [9.17, 15) is 19.1 Å². The number of nitrogen functional groups attached to an aromatic ring is 1. The second kappa shape index (κ2) is 8.59. The first-order valence-electron chi connectivity index (χ1n) is 8.67. The van der Waals surface area contributed by atoms with Crippen molar-refractivity contribution in [2.75, 3.05) is 11.1 Å². The van der Waals surface area contributed by atoms with Crippen LogP contribution >= 0.6 is 0 Å². The summed E-state index contributed by atoms with van der Waals surface area (Å²) >= 11 is 0. The van der Waals surface area contributed by atoms with Gasteiger partial charge in [0.05, 0.1) is 11.7 Å². The van der Waals surface area contributed by atoms with Crippen molar-refractivity contribution in [3.8, 4) is 0 Å². The number of hydrogen-bond donors (Lipinski definition) is 4. The van der Waals surface area contributed by atoms with Gasteiger partial charge in [0.2, 0.25) is 5.95 Å². The molecule has 9 nitrogen and oxygen atoms in total. The van der Waals surface area contributed by atoms with Crippen LogP contribution in [0.4, 0.5) is 16.2 Å². The molecule has 0 bridgehead atoms. The number of nitrogens with one attached hydrogen (secondary N) is 1. The molecule has 2 aromatic heterocycles. The van der Waals surface area contributed by atoms with Gasteiger partial charge in [0.25, 0.3) is 0 Å². The Morgan fingerprint density at radius 1 is 1.36 bits per heavy atom. The van der Waals surface area contributed by atoms with Crippen LogP contribution in [0.1, 0.15) is 39.5 Å². The number of aromatic nitrogens is 3. The predicted octanol–water partition coefficient (Wildman–Crippen LogP) is 2.59. The Labute approximate surface area is 160 Å². The van der Waals surface area contributed by atoms with Gasteiger partial charge in [-0.25, -0.2) is 23.9 Å². The summed E-state index contributed by atoms with van der Waals surface area (Å²) in [5.74, 6) is -3.12. The third kappa shape index (κ3) is 5.35. The predicted molar refractivity (Wildman–Crippen MR) is 101 cm³/mol. The largest absolute Gasteiger partial charge is 0.478 e. The molecule has 2 rings (SSSR count). The van der Waals surface area contributed by atoms with Crippen molar-refractivity contribution < 1.29 is 24.2 Å². The molecule has 0 saturated heterocycles. The summed E-state index contributed by atoms with van der Waals surface area (Å²) in [6, 6.07) is 1.17. The van der Waals surface area contributed by atoms with E-state index >= 15 is 0 Å². The average Bonchev–Trinajstić information content (AvgIpc) is 2.58. The minimum absolute atomic E-state index is 0.0821. The summed E-state index contributed by atoms with van der Waals surface area (Å²) in [5, 5.41) is 21.5. The van der Waals surface area contributed by atoms with Crippen LogP contribution in [-0.2, 0) is 9.59 Å². The molecular formula is C18H22FN5O4. The lowest BCUT2D eigenvalue weighted by atomic mass is 9.87. The first kappa shape index (κ1) is 21.0. The van der Waals surface area contributed by atoms with Crippen molar-refractivity contribution in [1.29, 1.82) is 0 Å².